The average Bonchev–Trinajstić information content (AvgIpc) is 2.75. The molecule has 2 nitrogen and oxygen atoms in total. The lowest BCUT2D eigenvalue weighted by Gasteiger charge is -2.28. The van der Waals surface area contributed by atoms with Crippen LogP contribution in [-0.4, -0.2) is 12.1 Å². The summed E-state index contributed by atoms with van der Waals surface area (Å²) in [5.41, 5.74) is 3.40. The minimum absolute atomic E-state index is 0.107. The Bertz CT molecular complexity index is 664. The summed E-state index contributed by atoms with van der Waals surface area (Å²) in [6.45, 7) is 7.00. The molecule has 1 aromatic carbocycles. The van der Waals surface area contributed by atoms with Gasteiger partial charge in [0.2, 0.25) is 0 Å². The van der Waals surface area contributed by atoms with Crippen molar-refractivity contribution in [2.24, 2.45) is 17.8 Å². The number of carbonyl (C=O) groups excluding carboxylic acids is 1. The fourth-order valence-electron chi connectivity index (χ4n) is 4.97. The van der Waals surface area contributed by atoms with Crippen LogP contribution in [0.5, 0.6) is 0 Å². The molecule has 160 valence electrons. The lowest BCUT2D eigenvalue weighted by molar-refractivity contribution is 0.0174. The van der Waals surface area contributed by atoms with Crippen molar-refractivity contribution in [3.05, 3.63) is 41.5 Å². The number of ether oxygens (including phenoxy) is 1. The van der Waals surface area contributed by atoms with Gasteiger partial charge in [-0.3, -0.25) is 0 Å². The van der Waals surface area contributed by atoms with Gasteiger partial charge in [-0.2, -0.15) is 0 Å². The van der Waals surface area contributed by atoms with Crippen molar-refractivity contribution < 1.29 is 9.53 Å². The number of hydrogen-bond acceptors (Lipinski definition) is 2. The second-order valence-electron chi connectivity index (χ2n) is 9.60. The molecule has 0 amide bonds. The number of hydrogen-bond donors (Lipinski definition) is 0. The lowest BCUT2D eigenvalue weighted by atomic mass is 9.78. The first kappa shape index (κ1) is 22.1. The number of esters is 1. The Morgan fingerprint density at radius 1 is 1.07 bits per heavy atom. The van der Waals surface area contributed by atoms with Gasteiger partial charge >= 0.3 is 5.97 Å². The molecule has 0 radical (unpaired) electrons. The first-order valence-electron chi connectivity index (χ1n) is 12.1. The largest absolute Gasteiger partial charge is 0.459 e. The number of allylic oxidation sites excluding steroid dienone is 2. The van der Waals surface area contributed by atoms with E-state index in [0.29, 0.717) is 5.56 Å². The summed E-state index contributed by atoms with van der Waals surface area (Å²) in [5.74, 6) is 2.28. The van der Waals surface area contributed by atoms with Gasteiger partial charge in [0.15, 0.2) is 0 Å². The number of rotatable bonds is 8. The van der Waals surface area contributed by atoms with Crippen LogP contribution in [0.15, 0.2) is 30.3 Å². The maximum Gasteiger partial charge on any atom is 0.338 e. The quantitative estimate of drug-likeness (QED) is 0.331. The van der Waals surface area contributed by atoms with Crippen molar-refractivity contribution in [3.8, 4) is 0 Å². The van der Waals surface area contributed by atoms with E-state index in [1.54, 1.807) is 0 Å². The third-order valence-electron chi connectivity index (χ3n) is 7.25. The first-order valence-corrected chi connectivity index (χ1v) is 12.1. The zero-order valence-corrected chi connectivity index (χ0v) is 18.8. The van der Waals surface area contributed by atoms with Gasteiger partial charge in [-0.05, 0) is 86.0 Å². The molecule has 0 aromatic heterocycles. The van der Waals surface area contributed by atoms with Crippen molar-refractivity contribution in [3.63, 3.8) is 0 Å². The van der Waals surface area contributed by atoms with Crippen molar-refractivity contribution in [1.29, 1.82) is 0 Å². The molecular formula is C27H40O2. The summed E-state index contributed by atoms with van der Waals surface area (Å²) >= 11 is 0. The Labute approximate surface area is 178 Å². The third-order valence-corrected chi connectivity index (χ3v) is 7.25. The molecule has 0 aliphatic heterocycles. The van der Waals surface area contributed by atoms with Gasteiger partial charge in [0, 0.05) is 0 Å². The van der Waals surface area contributed by atoms with E-state index in [9.17, 15) is 4.79 Å². The molecule has 2 aliphatic carbocycles. The highest BCUT2D eigenvalue weighted by atomic mass is 16.5. The van der Waals surface area contributed by atoms with E-state index in [1.807, 2.05) is 12.1 Å². The molecular weight excluding hydrogens is 356 g/mol. The Morgan fingerprint density at radius 2 is 1.79 bits per heavy atom. The molecule has 0 saturated heterocycles. The Balaban J connectivity index is 1.50. The molecule has 1 aromatic rings. The van der Waals surface area contributed by atoms with E-state index < -0.39 is 0 Å². The topological polar surface area (TPSA) is 26.3 Å². The van der Waals surface area contributed by atoms with Crippen molar-refractivity contribution in [1.82, 2.24) is 0 Å². The summed E-state index contributed by atoms with van der Waals surface area (Å²) in [6.07, 6.45) is 16.0. The van der Waals surface area contributed by atoms with Crippen LogP contribution in [0.25, 0.3) is 5.57 Å². The van der Waals surface area contributed by atoms with Gasteiger partial charge in [0.1, 0.15) is 6.10 Å². The van der Waals surface area contributed by atoms with Gasteiger partial charge in [-0.25, -0.2) is 4.79 Å². The van der Waals surface area contributed by atoms with Gasteiger partial charge in [-0.15, -0.1) is 0 Å². The molecule has 0 heterocycles. The van der Waals surface area contributed by atoms with E-state index >= 15 is 0 Å². The Kier molecular flexibility index (Phi) is 8.39. The molecule has 1 fully saturated rings. The summed E-state index contributed by atoms with van der Waals surface area (Å²) < 4.78 is 5.74. The van der Waals surface area contributed by atoms with E-state index in [1.165, 1.54) is 62.5 Å². The molecule has 2 heteroatoms. The van der Waals surface area contributed by atoms with Crippen LogP contribution in [-0.2, 0) is 4.74 Å². The van der Waals surface area contributed by atoms with Gasteiger partial charge in [-0.1, -0.05) is 64.7 Å². The van der Waals surface area contributed by atoms with Crippen LogP contribution in [0.1, 0.15) is 107 Å². The van der Waals surface area contributed by atoms with Gasteiger partial charge in [0.05, 0.1) is 5.56 Å². The van der Waals surface area contributed by atoms with Crippen LogP contribution in [0.2, 0.25) is 0 Å². The summed E-state index contributed by atoms with van der Waals surface area (Å²) in [7, 11) is 0. The SMILES string of the molecule is CCCCCC(C)C1CC=C(c2ccc(C(=O)OC3CCC(C)CC3)cc2)CC1. The monoisotopic (exact) mass is 396 g/mol. The molecule has 2 atom stereocenters. The average molecular weight is 397 g/mol. The Hall–Kier alpha value is -1.57. The minimum atomic E-state index is -0.158. The fraction of sp³-hybridized carbons (Fsp3) is 0.667. The molecule has 0 spiro atoms. The predicted octanol–water partition coefficient (Wildman–Crippen LogP) is 7.82. The zero-order valence-electron chi connectivity index (χ0n) is 18.8. The van der Waals surface area contributed by atoms with E-state index in [4.69, 9.17) is 4.74 Å². The van der Waals surface area contributed by atoms with Crippen molar-refractivity contribution in [2.75, 3.05) is 0 Å². The van der Waals surface area contributed by atoms with Crippen LogP contribution in [0.3, 0.4) is 0 Å². The summed E-state index contributed by atoms with van der Waals surface area (Å²) in [6, 6.07) is 8.11. The normalized spacial score (nSPS) is 25.9. The molecule has 0 N–H and O–H groups in total. The summed E-state index contributed by atoms with van der Waals surface area (Å²) in [5, 5.41) is 0. The van der Waals surface area contributed by atoms with Crippen LogP contribution in [0, 0.1) is 17.8 Å². The maximum atomic E-state index is 12.5. The standard InChI is InChI=1S/C27H40O2/c1-4-5-6-7-21(3)22-10-12-23(13-11-22)24-14-16-25(17-15-24)27(28)29-26-18-8-20(2)9-19-26/h12,14-17,20-22,26H,4-11,13,18-19H2,1-3H3. The molecule has 1 saturated carbocycles. The van der Waals surface area contributed by atoms with Crippen LogP contribution >= 0.6 is 0 Å². The molecule has 0 bridgehead atoms. The highest BCUT2D eigenvalue weighted by molar-refractivity contribution is 5.90. The molecule has 3 rings (SSSR count). The zero-order chi connectivity index (χ0) is 20.6. The second-order valence-corrected chi connectivity index (χ2v) is 9.60. The van der Waals surface area contributed by atoms with Crippen LogP contribution in [0.4, 0.5) is 0 Å². The minimum Gasteiger partial charge on any atom is -0.459 e. The fourth-order valence-corrected chi connectivity index (χ4v) is 4.97. The van der Waals surface area contributed by atoms with Gasteiger partial charge < -0.3 is 4.74 Å². The van der Waals surface area contributed by atoms with E-state index in [2.05, 4.69) is 39.0 Å². The molecule has 2 unspecified atom stereocenters. The van der Waals surface area contributed by atoms with E-state index in [-0.39, 0.29) is 12.1 Å². The molecule has 29 heavy (non-hydrogen) atoms. The van der Waals surface area contributed by atoms with Gasteiger partial charge in [0.25, 0.3) is 0 Å². The Morgan fingerprint density at radius 3 is 2.41 bits per heavy atom. The van der Waals surface area contributed by atoms with Crippen molar-refractivity contribution in [2.45, 2.75) is 97.5 Å². The number of benzene rings is 1. The first-order chi connectivity index (χ1) is 14.1. The smallest absolute Gasteiger partial charge is 0.338 e. The lowest BCUT2D eigenvalue weighted by Crippen LogP contribution is -2.23. The second kappa shape index (κ2) is 11.0. The number of carbonyl (C=O) groups is 1. The van der Waals surface area contributed by atoms with E-state index in [0.717, 1.165) is 37.0 Å². The summed E-state index contributed by atoms with van der Waals surface area (Å²) in [4.78, 5) is 12.5. The molecule has 2 aliphatic rings. The van der Waals surface area contributed by atoms with Crippen LogP contribution < -0.4 is 0 Å². The number of unbranched alkanes of at least 4 members (excludes halogenated alkanes) is 2. The highest BCUT2D eigenvalue weighted by Gasteiger charge is 2.23. The third kappa shape index (κ3) is 6.46. The highest BCUT2D eigenvalue weighted by Crippen LogP contribution is 2.36. The predicted molar refractivity (Wildman–Crippen MR) is 122 cm³/mol. The van der Waals surface area contributed by atoms with Crippen molar-refractivity contribution >= 4 is 11.5 Å². The maximum absolute atomic E-state index is 12.5.